The fraction of sp³-hybridized carbons (Fsp3) is 0.588. The standard InChI is InChI=1S/C17H28N2O2/c1-12(2)21-15-8-6-14(7-9-15)19-16(20)13(11-18)10-17(3,4)5/h6-9,12-13H,10-11,18H2,1-5H3,(H,19,20). The minimum Gasteiger partial charge on any atom is -0.491 e. The number of hydrogen-bond acceptors (Lipinski definition) is 3. The van der Waals surface area contributed by atoms with Gasteiger partial charge < -0.3 is 15.8 Å². The Morgan fingerprint density at radius 2 is 1.81 bits per heavy atom. The first-order chi connectivity index (χ1) is 9.71. The number of nitrogens with one attached hydrogen (secondary N) is 1. The van der Waals surface area contributed by atoms with Crippen LogP contribution < -0.4 is 15.8 Å². The van der Waals surface area contributed by atoms with Crippen LogP contribution in [0.1, 0.15) is 41.0 Å². The summed E-state index contributed by atoms with van der Waals surface area (Å²) in [5.74, 6) is 0.606. The van der Waals surface area contributed by atoms with Crippen molar-refractivity contribution < 1.29 is 9.53 Å². The minimum absolute atomic E-state index is 0.0232. The van der Waals surface area contributed by atoms with Crippen molar-refractivity contribution in [3.63, 3.8) is 0 Å². The van der Waals surface area contributed by atoms with Gasteiger partial charge in [-0.2, -0.15) is 0 Å². The number of amides is 1. The number of carbonyl (C=O) groups excluding carboxylic acids is 1. The summed E-state index contributed by atoms with van der Waals surface area (Å²) in [4.78, 5) is 12.3. The molecule has 0 aliphatic heterocycles. The highest BCUT2D eigenvalue weighted by molar-refractivity contribution is 5.92. The molecule has 118 valence electrons. The molecule has 0 spiro atoms. The third-order valence-corrected chi connectivity index (χ3v) is 3.01. The Kier molecular flexibility index (Phi) is 6.21. The molecule has 1 amide bonds. The molecule has 1 aromatic carbocycles. The van der Waals surface area contributed by atoms with Crippen LogP contribution in [0.5, 0.6) is 5.75 Å². The third kappa shape index (κ3) is 6.63. The number of benzene rings is 1. The predicted octanol–water partition coefficient (Wildman–Crippen LogP) is 3.42. The number of nitrogens with two attached hydrogens (primary N) is 1. The summed E-state index contributed by atoms with van der Waals surface area (Å²) in [7, 11) is 0. The zero-order valence-electron chi connectivity index (χ0n) is 13.8. The lowest BCUT2D eigenvalue weighted by Gasteiger charge is -2.24. The van der Waals surface area contributed by atoms with E-state index < -0.39 is 0 Å². The summed E-state index contributed by atoms with van der Waals surface area (Å²) in [5, 5.41) is 2.92. The highest BCUT2D eigenvalue weighted by atomic mass is 16.5. The van der Waals surface area contributed by atoms with Gasteiger partial charge >= 0.3 is 0 Å². The predicted molar refractivity (Wildman–Crippen MR) is 87.5 cm³/mol. The van der Waals surface area contributed by atoms with E-state index in [1.54, 1.807) is 0 Å². The Balaban J connectivity index is 2.64. The van der Waals surface area contributed by atoms with Crippen LogP contribution in [0.2, 0.25) is 0 Å². The van der Waals surface area contributed by atoms with E-state index in [0.717, 1.165) is 17.9 Å². The molecule has 1 aromatic rings. The Morgan fingerprint density at radius 3 is 2.24 bits per heavy atom. The largest absolute Gasteiger partial charge is 0.491 e. The van der Waals surface area contributed by atoms with Gasteiger partial charge in [0.15, 0.2) is 0 Å². The number of hydrogen-bond donors (Lipinski definition) is 2. The maximum absolute atomic E-state index is 12.3. The van der Waals surface area contributed by atoms with Crippen LogP contribution in [-0.2, 0) is 4.79 Å². The molecule has 1 atom stereocenters. The molecule has 4 heteroatoms. The molecule has 1 unspecified atom stereocenters. The van der Waals surface area contributed by atoms with Crippen LogP contribution in [0.3, 0.4) is 0 Å². The Morgan fingerprint density at radius 1 is 1.24 bits per heavy atom. The molecule has 0 fully saturated rings. The molecular formula is C17H28N2O2. The second-order valence-electron chi connectivity index (χ2n) is 6.88. The van der Waals surface area contributed by atoms with Crippen LogP contribution in [0, 0.1) is 11.3 Å². The number of rotatable bonds is 6. The van der Waals surface area contributed by atoms with Crippen molar-refractivity contribution in [2.75, 3.05) is 11.9 Å². The Bertz CT molecular complexity index is 447. The van der Waals surface area contributed by atoms with Gasteiger partial charge in [-0.05, 0) is 49.9 Å². The summed E-state index contributed by atoms with van der Waals surface area (Å²) in [6.07, 6.45) is 0.906. The highest BCUT2D eigenvalue weighted by Crippen LogP contribution is 2.25. The van der Waals surface area contributed by atoms with Gasteiger partial charge in [0.05, 0.1) is 12.0 Å². The summed E-state index contributed by atoms with van der Waals surface area (Å²) >= 11 is 0. The van der Waals surface area contributed by atoms with E-state index in [1.165, 1.54) is 0 Å². The first-order valence-electron chi connectivity index (χ1n) is 7.49. The van der Waals surface area contributed by atoms with Gasteiger partial charge in [0.1, 0.15) is 5.75 Å². The Hall–Kier alpha value is -1.55. The normalized spacial score (nSPS) is 13.1. The number of anilines is 1. The topological polar surface area (TPSA) is 64.3 Å². The van der Waals surface area contributed by atoms with Crippen LogP contribution in [0.4, 0.5) is 5.69 Å². The van der Waals surface area contributed by atoms with E-state index in [2.05, 4.69) is 26.1 Å². The van der Waals surface area contributed by atoms with Gasteiger partial charge in [0.2, 0.25) is 5.91 Å². The van der Waals surface area contributed by atoms with E-state index in [4.69, 9.17) is 10.5 Å². The molecule has 1 rings (SSSR count). The number of carbonyl (C=O) groups is 1. The molecule has 3 N–H and O–H groups in total. The maximum atomic E-state index is 12.3. The van der Waals surface area contributed by atoms with E-state index in [1.807, 2.05) is 38.1 Å². The van der Waals surface area contributed by atoms with Crippen LogP contribution >= 0.6 is 0 Å². The minimum atomic E-state index is -0.170. The average Bonchev–Trinajstić information content (AvgIpc) is 2.36. The third-order valence-electron chi connectivity index (χ3n) is 3.01. The molecule has 0 aliphatic rings. The van der Waals surface area contributed by atoms with Crippen molar-refractivity contribution in [1.82, 2.24) is 0 Å². The molecule has 0 bridgehead atoms. The molecule has 0 aromatic heterocycles. The van der Waals surface area contributed by atoms with Gasteiger partial charge in [-0.25, -0.2) is 0 Å². The molecule has 0 radical (unpaired) electrons. The Labute approximate surface area is 128 Å². The molecule has 0 saturated heterocycles. The molecule has 0 aliphatic carbocycles. The van der Waals surface area contributed by atoms with Crippen LogP contribution in [0.15, 0.2) is 24.3 Å². The van der Waals surface area contributed by atoms with Gasteiger partial charge in [0.25, 0.3) is 0 Å². The first kappa shape index (κ1) is 17.5. The fourth-order valence-corrected chi connectivity index (χ4v) is 2.16. The van der Waals surface area contributed by atoms with E-state index in [-0.39, 0.29) is 23.3 Å². The zero-order valence-corrected chi connectivity index (χ0v) is 13.8. The lowest BCUT2D eigenvalue weighted by Crippen LogP contribution is -2.32. The van der Waals surface area contributed by atoms with Gasteiger partial charge in [0, 0.05) is 12.2 Å². The van der Waals surface area contributed by atoms with Gasteiger partial charge in [-0.3, -0.25) is 4.79 Å². The summed E-state index contributed by atoms with van der Waals surface area (Å²) in [5.41, 5.74) is 6.58. The van der Waals surface area contributed by atoms with Crippen molar-refractivity contribution in [1.29, 1.82) is 0 Å². The lowest BCUT2D eigenvalue weighted by atomic mass is 9.84. The maximum Gasteiger partial charge on any atom is 0.228 e. The fourth-order valence-electron chi connectivity index (χ4n) is 2.16. The summed E-state index contributed by atoms with van der Waals surface area (Å²) in [6, 6.07) is 7.41. The van der Waals surface area contributed by atoms with E-state index in [0.29, 0.717) is 6.54 Å². The summed E-state index contributed by atoms with van der Waals surface area (Å²) in [6.45, 7) is 10.7. The van der Waals surface area contributed by atoms with E-state index in [9.17, 15) is 4.79 Å². The molecule has 0 saturated carbocycles. The smallest absolute Gasteiger partial charge is 0.228 e. The second-order valence-corrected chi connectivity index (χ2v) is 6.88. The van der Waals surface area contributed by atoms with E-state index >= 15 is 0 Å². The van der Waals surface area contributed by atoms with Gasteiger partial charge in [-0.1, -0.05) is 20.8 Å². The zero-order chi connectivity index (χ0) is 16.0. The van der Waals surface area contributed by atoms with Crippen LogP contribution in [0.25, 0.3) is 0 Å². The number of ether oxygens (including phenoxy) is 1. The van der Waals surface area contributed by atoms with Crippen molar-refractivity contribution in [3.05, 3.63) is 24.3 Å². The molecule has 21 heavy (non-hydrogen) atoms. The van der Waals surface area contributed by atoms with Crippen molar-refractivity contribution in [2.24, 2.45) is 17.1 Å². The highest BCUT2D eigenvalue weighted by Gasteiger charge is 2.23. The quantitative estimate of drug-likeness (QED) is 0.844. The van der Waals surface area contributed by atoms with Crippen LogP contribution in [-0.4, -0.2) is 18.6 Å². The van der Waals surface area contributed by atoms with Crippen molar-refractivity contribution >= 4 is 11.6 Å². The summed E-state index contributed by atoms with van der Waals surface area (Å²) < 4.78 is 5.58. The second kappa shape index (κ2) is 7.46. The average molecular weight is 292 g/mol. The lowest BCUT2D eigenvalue weighted by molar-refractivity contribution is -0.120. The van der Waals surface area contributed by atoms with Crippen molar-refractivity contribution in [2.45, 2.75) is 47.1 Å². The monoisotopic (exact) mass is 292 g/mol. The molecule has 4 nitrogen and oxygen atoms in total. The molecule has 0 heterocycles. The SMILES string of the molecule is CC(C)Oc1ccc(NC(=O)C(CN)CC(C)(C)C)cc1. The molecular weight excluding hydrogens is 264 g/mol. The van der Waals surface area contributed by atoms with Gasteiger partial charge in [-0.15, -0.1) is 0 Å². The first-order valence-corrected chi connectivity index (χ1v) is 7.49. The van der Waals surface area contributed by atoms with Crippen molar-refractivity contribution in [3.8, 4) is 5.75 Å².